The van der Waals surface area contributed by atoms with Crippen molar-refractivity contribution in [2.75, 3.05) is 11.9 Å². The van der Waals surface area contributed by atoms with Crippen molar-refractivity contribution < 1.29 is 9.59 Å². The Labute approximate surface area is 172 Å². The van der Waals surface area contributed by atoms with Crippen LogP contribution in [-0.2, 0) is 11.3 Å². The number of nitrogens with zero attached hydrogens (tertiary/aromatic N) is 3. The fraction of sp³-hybridized carbons (Fsp3) is 0.100. The molecule has 0 saturated heterocycles. The van der Waals surface area contributed by atoms with Crippen molar-refractivity contribution in [1.29, 1.82) is 0 Å². The first-order valence-electron chi connectivity index (χ1n) is 8.37. The predicted molar refractivity (Wildman–Crippen MR) is 108 cm³/mol. The minimum Gasteiger partial charge on any atom is -0.325 e. The lowest BCUT2D eigenvalue weighted by molar-refractivity contribution is -0.117. The topological polar surface area (TPSA) is 75.2 Å². The second kappa shape index (κ2) is 9.30. The van der Waals surface area contributed by atoms with E-state index in [9.17, 15) is 9.59 Å². The van der Waals surface area contributed by atoms with Gasteiger partial charge in [-0.05, 0) is 48.0 Å². The molecule has 1 aromatic carbocycles. The summed E-state index contributed by atoms with van der Waals surface area (Å²) in [5.74, 6) is -0.743. The number of pyridine rings is 2. The van der Waals surface area contributed by atoms with Crippen LogP contribution in [0.5, 0.6) is 0 Å². The maximum atomic E-state index is 13.0. The molecule has 142 valence electrons. The summed E-state index contributed by atoms with van der Waals surface area (Å²) in [6.45, 7) is 0.0352. The quantitative estimate of drug-likeness (QED) is 0.616. The molecule has 28 heavy (non-hydrogen) atoms. The SMILES string of the molecule is O=C(CN(Cc1cccnc1)C(=O)c1cccnc1Cl)Nc1ccc(Cl)cc1. The second-order valence-corrected chi connectivity index (χ2v) is 6.71. The lowest BCUT2D eigenvalue weighted by Gasteiger charge is -2.22. The molecular weight excluding hydrogens is 399 g/mol. The third kappa shape index (κ3) is 5.28. The number of benzene rings is 1. The van der Waals surface area contributed by atoms with Crippen LogP contribution in [0.4, 0.5) is 5.69 Å². The molecule has 8 heteroatoms. The molecule has 0 fully saturated rings. The van der Waals surface area contributed by atoms with E-state index in [-0.39, 0.29) is 29.7 Å². The molecule has 2 amide bonds. The summed E-state index contributed by atoms with van der Waals surface area (Å²) in [5, 5.41) is 3.40. The number of aromatic nitrogens is 2. The summed E-state index contributed by atoms with van der Waals surface area (Å²) in [6, 6.07) is 13.5. The number of amides is 2. The van der Waals surface area contributed by atoms with E-state index in [0.717, 1.165) is 5.56 Å². The Morgan fingerprint density at radius 3 is 2.43 bits per heavy atom. The summed E-state index contributed by atoms with van der Waals surface area (Å²) < 4.78 is 0. The lowest BCUT2D eigenvalue weighted by Crippen LogP contribution is -2.37. The molecule has 0 spiro atoms. The fourth-order valence-corrected chi connectivity index (χ4v) is 2.86. The Balaban J connectivity index is 1.79. The summed E-state index contributed by atoms with van der Waals surface area (Å²) in [6.07, 6.45) is 4.78. The van der Waals surface area contributed by atoms with Crippen LogP contribution in [0.2, 0.25) is 10.2 Å². The smallest absolute Gasteiger partial charge is 0.257 e. The van der Waals surface area contributed by atoms with Crippen molar-refractivity contribution in [3.8, 4) is 0 Å². The van der Waals surface area contributed by atoms with Gasteiger partial charge in [0, 0.05) is 35.8 Å². The van der Waals surface area contributed by atoms with Crippen molar-refractivity contribution in [2.24, 2.45) is 0 Å². The van der Waals surface area contributed by atoms with Crippen LogP contribution in [0, 0.1) is 0 Å². The Morgan fingerprint density at radius 2 is 1.75 bits per heavy atom. The Bertz CT molecular complexity index is 965. The average molecular weight is 415 g/mol. The van der Waals surface area contributed by atoms with Gasteiger partial charge < -0.3 is 10.2 Å². The largest absolute Gasteiger partial charge is 0.325 e. The zero-order chi connectivity index (χ0) is 19.9. The summed E-state index contributed by atoms with van der Waals surface area (Å²) >= 11 is 11.9. The van der Waals surface area contributed by atoms with E-state index in [1.165, 1.54) is 11.1 Å². The first-order valence-corrected chi connectivity index (χ1v) is 9.12. The average Bonchev–Trinajstić information content (AvgIpc) is 2.70. The number of halogens is 2. The van der Waals surface area contributed by atoms with E-state index in [1.807, 2.05) is 6.07 Å². The van der Waals surface area contributed by atoms with E-state index < -0.39 is 5.91 Å². The van der Waals surface area contributed by atoms with E-state index in [4.69, 9.17) is 23.2 Å². The molecular formula is C20H16Cl2N4O2. The molecule has 1 N–H and O–H groups in total. The van der Waals surface area contributed by atoms with Gasteiger partial charge in [0.1, 0.15) is 11.7 Å². The van der Waals surface area contributed by atoms with Gasteiger partial charge in [0.25, 0.3) is 5.91 Å². The maximum Gasteiger partial charge on any atom is 0.257 e. The van der Waals surface area contributed by atoms with E-state index in [1.54, 1.807) is 54.9 Å². The van der Waals surface area contributed by atoms with Crippen LogP contribution in [0.1, 0.15) is 15.9 Å². The third-order valence-corrected chi connectivity index (χ3v) is 4.39. The zero-order valence-electron chi connectivity index (χ0n) is 14.7. The molecule has 3 aromatic rings. The highest BCUT2D eigenvalue weighted by Crippen LogP contribution is 2.17. The summed E-state index contributed by atoms with van der Waals surface area (Å²) in [7, 11) is 0. The Morgan fingerprint density at radius 1 is 1.00 bits per heavy atom. The number of carbonyl (C=O) groups excluding carboxylic acids is 2. The molecule has 2 aromatic heterocycles. The monoisotopic (exact) mass is 414 g/mol. The van der Waals surface area contributed by atoms with Gasteiger partial charge in [0.2, 0.25) is 5.91 Å². The molecule has 0 saturated carbocycles. The number of hydrogen-bond acceptors (Lipinski definition) is 4. The summed E-state index contributed by atoms with van der Waals surface area (Å²) in [4.78, 5) is 34.9. The van der Waals surface area contributed by atoms with E-state index in [2.05, 4.69) is 15.3 Å². The van der Waals surface area contributed by atoms with Gasteiger partial charge in [0.15, 0.2) is 0 Å². The summed E-state index contributed by atoms with van der Waals surface area (Å²) in [5.41, 5.74) is 1.60. The van der Waals surface area contributed by atoms with Gasteiger partial charge in [-0.3, -0.25) is 14.6 Å². The highest BCUT2D eigenvalue weighted by Gasteiger charge is 2.22. The van der Waals surface area contributed by atoms with Gasteiger partial charge >= 0.3 is 0 Å². The second-order valence-electron chi connectivity index (χ2n) is 5.92. The van der Waals surface area contributed by atoms with Gasteiger partial charge in [-0.1, -0.05) is 29.3 Å². The molecule has 0 atom stereocenters. The normalized spacial score (nSPS) is 10.4. The highest BCUT2D eigenvalue weighted by molar-refractivity contribution is 6.32. The molecule has 3 rings (SSSR count). The Kier molecular flexibility index (Phi) is 6.57. The number of carbonyl (C=O) groups is 2. The minimum absolute atomic E-state index is 0.0850. The molecule has 0 aliphatic carbocycles. The zero-order valence-corrected chi connectivity index (χ0v) is 16.2. The fourth-order valence-electron chi connectivity index (χ4n) is 2.53. The molecule has 0 radical (unpaired) electrons. The first-order chi connectivity index (χ1) is 13.5. The lowest BCUT2D eigenvalue weighted by atomic mass is 10.2. The maximum absolute atomic E-state index is 13.0. The van der Waals surface area contributed by atoms with Crippen LogP contribution in [-0.4, -0.2) is 33.2 Å². The van der Waals surface area contributed by atoms with Gasteiger partial charge in [-0.2, -0.15) is 0 Å². The van der Waals surface area contributed by atoms with Gasteiger partial charge in [-0.15, -0.1) is 0 Å². The number of rotatable bonds is 6. The molecule has 2 heterocycles. The van der Waals surface area contributed by atoms with Gasteiger partial charge in [-0.25, -0.2) is 4.98 Å². The van der Waals surface area contributed by atoms with Crippen LogP contribution in [0.3, 0.4) is 0 Å². The third-order valence-electron chi connectivity index (χ3n) is 3.84. The van der Waals surface area contributed by atoms with E-state index in [0.29, 0.717) is 10.7 Å². The van der Waals surface area contributed by atoms with Crippen LogP contribution in [0.15, 0.2) is 67.1 Å². The van der Waals surface area contributed by atoms with Crippen LogP contribution < -0.4 is 5.32 Å². The molecule has 0 aliphatic heterocycles. The number of hydrogen-bond donors (Lipinski definition) is 1. The minimum atomic E-state index is -0.395. The number of nitrogens with one attached hydrogen (secondary N) is 1. The Hall–Kier alpha value is -2.96. The number of anilines is 1. The van der Waals surface area contributed by atoms with Crippen molar-refractivity contribution in [3.05, 3.63) is 88.4 Å². The molecule has 0 bridgehead atoms. The van der Waals surface area contributed by atoms with Crippen molar-refractivity contribution in [2.45, 2.75) is 6.54 Å². The predicted octanol–water partition coefficient (Wildman–Crippen LogP) is 4.06. The van der Waals surface area contributed by atoms with Crippen molar-refractivity contribution in [1.82, 2.24) is 14.9 Å². The highest BCUT2D eigenvalue weighted by atomic mass is 35.5. The van der Waals surface area contributed by atoms with Crippen LogP contribution >= 0.6 is 23.2 Å². The first kappa shape index (κ1) is 19.8. The molecule has 6 nitrogen and oxygen atoms in total. The molecule has 0 unspecified atom stereocenters. The van der Waals surface area contributed by atoms with E-state index >= 15 is 0 Å². The standard InChI is InChI=1S/C20H16Cl2N4O2/c21-15-5-7-16(8-6-15)25-18(27)13-26(12-14-3-1-9-23-11-14)20(28)17-4-2-10-24-19(17)22/h1-11H,12-13H2,(H,25,27). The van der Waals surface area contributed by atoms with Crippen molar-refractivity contribution >= 4 is 40.7 Å². The molecule has 0 aliphatic rings. The van der Waals surface area contributed by atoms with Crippen molar-refractivity contribution in [3.63, 3.8) is 0 Å². The van der Waals surface area contributed by atoms with Crippen LogP contribution in [0.25, 0.3) is 0 Å². The van der Waals surface area contributed by atoms with Gasteiger partial charge in [0.05, 0.1) is 5.56 Å².